The van der Waals surface area contributed by atoms with Gasteiger partial charge in [0.25, 0.3) is 0 Å². The van der Waals surface area contributed by atoms with Crippen molar-refractivity contribution >= 4 is 58.4 Å². The number of carbonyl (C=O) groups excluding carboxylic acids is 2. The number of aliphatic hydroxyl groups is 2. The van der Waals surface area contributed by atoms with Crippen molar-refractivity contribution in [3.63, 3.8) is 0 Å². The number of fused-ring (bicyclic) bond motifs is 12. The molecule has 6 N–H and O–H groups in total. The lowest BCUT2D eigenvalue weighted by Crippen LogP contribution is -2.55. The molecular weight excluding hydrogens is 735 g/mol. The van der Waals surface area contributed by atoms with Crippen LogP contribution in [0.5, 0.6) is 0 Å². The first-order valence-corrected chi connectivity index (χ1v) is 20.5. The lowest BCUT2D eigenvalue weighted by Gasteiger charge is -2.51. The Bertz CT molecular complexity index is 1890. The van der Waals surface area contributed by atoms with Gasteiger partial charge < -0.3 is 30.8 Å². The molecule has 55 heavy (non-hydrogen) atoms. The highest BCUT2D eigenvalue weighted by atomic mass is 35.5. The number of piperidine rings is 2. The predicted molar refractivity (Wildman–Crippen MR) is 218 cm³/mol. The van der Waals surface area contributed by atoms with Gasteiger partial charge in [0.1, 0.15) is 0 Å². The van der Waals surface area contributed by atoms with Gasteiger partial charge in [-0.15, -0.1) is 24.8 Å². The van der Waals surface area contributed by atoms with Crippen LogP contribution in [0, 0.1) is 35.5 Å². The van der Waals surface area contributed by atoms with Gasteiger partial charge in [-0.2, -0.15) is 0 Å². The second-order valence-corrected chi connectivity index (χ2v) is 17.2. The first-order chi connectivity index (χ1) is 25.9. The Kier molecular flexibility index (Phi) is 11.0. The topological polar surface area (TPSA) is 137 Å². The summed E-state index contributed by atoms with van der Waals surface area (Å²) in [6.45, 7) is 4.92. The van der Waals surface area contributed by atoms with Gasteiger partial charge in [0.15, 0.2) is 0 Å². The van der Waals surface area contributed by atoms with Crippen LogP contribution in [0.4, 0.5) is 0 Å². The van der Waals surface area contributed by atoms with Gasteiger partial charge in [-0.3, -0.25) is 19.4 Å². The third-order valence-electron chi connectivity index (χ3n) is 14.7. The summed E-state index contributed by atoms with van der Waals surface area (Å²) in [4.78, 5) is 40.3. The van der Waals surface area contributed by atoms with Gasteiger partial charge in [0.2, 0.25) is 11.8 Å². The van der Waals surface area contributed by atoms with Gasteiger partial charge in [-0.05, 0) is 105 Å². The fraction of sp³-hybridized carbons (Fsp3) is 0.581. The number of aliphatic hydroxyl groups excluding tert-OH is 2. The second-order valence-electron chi connectivity index (χ2n) is 17.2. The van der Waals surface area contributed by atoms with Crippen LogP contribution in [0.15, 0.2) is 48.5 Å². The molecule has 0 spiro atoms. The molecule has 2 saturated heterocycles. The van der Waals surface area contributed by atoms with Crippen LogP contribution in [-0.4, -0.2) is 93.3 Å². The van der Waals surface area contributed by atoms with Crippen LogP contribution < -0.4 is 10.6 Å². The average molecular weight is 792 g/mol. The highest BCUT2D eigenvalue weighted by molar-refractivity contribution is 5.86. The summed E-state index contributed by atoms with van der Waals surface area (Å²) in [5.74, 6) is 0.134. The van der Waals surface area contributed by atoms with Gasteiger partial charge >= 0.3 is 0 Å². The number of aromatic nitrogens is 2. The number of halogens is 2. The first-order valence-electron chi connectivity index (χ1n) is 20.5. The summed E-state index contributed by atoms with van der Waals surface area (Å²) in [6.07, 6.45) is 6.43. The highest BCUT2D eigenvalue weighted by Crippen LogP contribution is 2.51. The Hall–Kier alpha value is -3.12. The number of nitrogens with zero attached hydrogens (tertiary/aromatic N) is 2. The molecule has 2 aromatic carbocycles. The molecule has 10 atom stereocenters. The molecule has 0 unspecified atom stereocenters. The number of benzene rings is 2. The fourth-order valence-electron chi connectivity index (χ4n) is 12.2. The lowest BCUT2D eigenvalue weighted by molar-refractivity contribution is -0.139. The summed E-state index contributed by atoms with van der Waals surface area (Å²) in [5, 5.41) is 31.4. The van der Waals surface area contributed by atoms with Crippen LogP contribution in [0.1, 0.15) is 79.5 Å². The van der Waals surface area contributed by atoms with Crippen molar-refractivity contribution in [2.24, 2.45) is 35.5 Å². The van der Waals surface area contributed by atoms with E-state index in [-0.39, 0.29) is 60.5 Å². The quantitative estimate of drug-likeness (QED) is 0.144. The molecule has 2 aromatic heterocycles. The molecule has 10 rings (SSSR count). The van der Waals surface area contributed by atoms with Gasteiger partial charge in [0.05, 0.1) is 36.1 Å². The van der Waals surface area contributed by atoms with Crippen molar-refractivity contribution in [1.82, 2.24) is 30.4 Å². The zero-order chi connectivity index (χ0) is 35.8. The number of aromatic amines is 2. The molecule has 296 valence electrons. The molecule has 4 fully saturated rings. The molecule has 2 saturated carbocycles. The van der Waals surface area contributed by atoms with Crippen LogP contribution in [0.25, 0.3) is 21.8 Å². The van der Waals surface area contributed by atoms with E-state index in [4.69, 9.17) is 0 Å². The SMILES string of the molecule is Cl.Cl.O=C(NCCCNC(=O)[C@@H]1[C@H]2C[C@H]3c4[nH]c5ccccc5c4CCN3C[C@@H]2CC[C@@H]1O)[C@@H]1[C@H]2C[C@H]3c4[nH]c5ccccc5c4CCN3C[C@@H]2CC[C@@H]1O. The zero-order valence-electron chi connectivity index (χ0n) is 31.4. The third kappa shape index (κ3) is 6.68. The van der Waals surface area contributed by atoms with E-state index in [0.29, 0.717) is 44.2 Å². The van der Waals surface area contributed by atoms with Crippen LogP contribution in [-0.2, 0) is 22.4 Å². The van der Waals surface area contributed by atoms with E-state index < -0.39 is 24.0 Å². The van der Waals surface area contributed by atoms with Gasteiger partial charge in [0, 0.05) is 72.5 Å². The van der Waals surface area contributed by atoms with E-state index in [9.17, 15) is 19.8 Å². The molecule has 10 nitrogen and oxygen atoms in total. The Morgan fingerprint density at radius 1 is 0.655 bits per heavy atom. The Labute approximate surface area is 335 Å². The number of H-pyrrole nitrogens is 2. The first kappa shape index (κ1) is 38.7. The third-order valence-corrected chi connectivity index (χ3v) is 14.7. The predicted octanol–water partition coefficient (Wildman–Crippen LogP) is 5.43. The molecule has 12 heteroatoms. The van der Waals surface area contributed by atoms with Gasteiger partial charge in [-0.1, -0.05) is 36.4 Å². The maximum Gasteiger partial charge on any atom is 0.226 e. The van der Waals surface area contributed by atoms with Crippen molar-refractivity contribution in [3.05, 3.63) is 71.0 Å². The monoisotopic (exact) mass is 790 g/mol. The van der Waals surface area contributed by atoms with Crippen LogP contribution in [0.2, 0.25) is 0 Å². The van der Waals surface area contributed by atoms with Crippen LogP contribution >= 0.6 is 24.8 Å². The summed E-state index contributed by atoms with van der Waals surface area (Å²) in [7, 11) is 0. The maximum atomic E-state index is 13.8. The van der Waals surface area contributed by atoms with Crippen molar-refractivity contribution in [2.45, 2.75) is 82.1 Å². The lowest BCUT2D eigenvalue weighted by atomic mass is 9.64. The molecule has 4 aliphatic heterocycles. The Balaban J connectivity index is 0.00000214. The number of para-hydroxylation sites is 2. The summed E-state index contributed by atoms with van der Waals surface area (Å²) >= 11 is 0. The molecule has 0 bridgehead atoms. The highest BCUT2D eigenvalue weighted by Gasteiger charge is 2.50. The minimum atomic E-state index is -0.634. The van der Waals surface area contributed by atoms with Crippen molar-refractivity contribution < 1.29 is 19.8 Å². The molecule has 0 radical (unpaired) electrons. The second kappa shape index (κ2) is 15.7. The average Bonchev–Trinajstić information content (AvgIpc) is 3.75. The van der Waals surface area contributed by atoms with E-state index in [2.05, 4.69) is 78.9 Å². The molecule has 2 aliphatic carbocycles. The smallest absolute Gasteiger partial charge is 0.226 e. The number of hydrogen-bond donors (Lipinski definition) is 6. The van der Waals surface area contributed by atoms with E-state index in [1.165, 1.54) is 44.3 Å². The van der Waals surface area contributed by atoms with E-state index in [1.54, 1.807) is 0 Å². The minimum absolute atomic E-state index is 0. The zero-order valence-corrected chi connectivity index (χ0v) is 33.1. The van der Waals surface area contributed by atoms with Crippen molar-refractivity contribution in [3.8, 4) is 0 Å². The minimum Gasteiger partial charge on any atom is -0.392 e. The standard InChI is InChI=1S/C43H54N6O4.2ClH/c50-36-12-10-24-22-48-18-14-28-26-6-1-3-8-32(26)46-40(28)34(48)20-30(24)38(36)42(52)44-16-5-17-45-43(53)39-31-21-35-41-29(27-7-2-4-9-33(27)47-41)15-19-49(35)23-25(31)11-13-37(39)51;;/h1-4,6-9,24-25,30-31,34-39,46-47,50-51H,5,10-23H2,(H,44,52)(H,45,53);2*1H/t24-,25-,30-,31-,34-,35-,36-,37-,38+,39+;;/m0../s1. The fourth-order valence-corrected chi connectivity index (χ4v) is 12.2. The van der Waals surface area contributed by atoms with Crippen molar-refractivity contribution in [2.75, 3.05) is 39.3 Å². The Morgan fingerprint density at radius 2 is 1.09 bits per heavy atom. The molecule has 6 aliphatic rings. The van der Waals surface area contributed by atoms with Crippen LogP contribution in [0.3, 0.4) is 0 Å². The number of carbonyl (C=O) groups is 2. The van der Waals surface area contributed by atoms with E-state index in [0.717, 1.165) is 64.7 Å². The molecule has 2 amide bonds. The van der Waals surface area contributed by atoms with Crippen molar-refractivity contribution in [1.29, 1.82) is 0 Å². The Morgan fingerprint density at radius 3 is 1.55 bits per heavy atom. The maximum absolute atomic E-state index is 13.8. The number of rotatable bonds is 6. The largest absolute Gasteiger partial charge is 0.392 e. The van der Waals surface area contributed by atoms with E-state index >= 15 is 0 Å². The summed E-state index contributed by atoms with van der Waals surface area (Å²) < 4.78 is 0. The normalized spacial score (nSPS) is 32.7. The summed E-state index contributed by atoms with van der Waals surface area (Å²) in [6, 6.07) is 17.6. The van der Waals surface area contributed by atoms with E-state index in [1.807, 2.05) is 0 Å². The molecule has 6 heterocycles. The number of nitrogens with one attached hydrogen (secondary N) is 4. The summed E-state index contributed by atoms with van der Waals surface area (Å²) in [5.41, 5.74) is 7.79. The molecular formula is C43H56Cl2N6O4. The molecule has 4 aromatic rings. The number of amides is 2. The number of hydrogen-bond acceptors (Lipinski definition) is 6. The van der Waals surface area contributed by atoms with Gasteiger partial charge in [-0.25, -0.2) is 0 Å².